The van der Waals surface area contributed by atoms with Gasteiger partial charge >= 0.3 is 0 Å². The average Bonchev–Trinajstić information content (AvgIpc) is 3.20. The zero-order valence-electron chi connectivity index (χ0n) is 13.1. The van der Waals surface area contributed by atoms with Crippen molar-refractivity contribution in [1.82, 2.24) is 5.32 Å². The van der Waals surface area contributed by atoms with Gasteiger partial charge in [-0.3, -0.25) is 4.79 Å². The molecule has 1 amide bonds. The molecule has 0 aromatic heterocycles. The monoisotopic (exact) mass is 274 g/mol. The van der Waals surface area contributed by atoms with Crippen molar-refractivity contribution in [2.75, 3.05) is 18.0 Å². The highest BCUT2D eigenvalue weighted by molar-refractivity contribution is 5.82. The van der Waals surface area contributed by atoms with Crippen molar-refractivity contribution < 1.29 is 4.79 Å². The Hall–Kier alpha value is -1.51. The first-order valence-corrected chi connectivity index (χ1v) is 7.62. The van der Waals surface area contributed by atoms with E-state index < -0.39 is 0 Å². The summed E-state index contributed by atoms with van der Waals surface area (Å²) in [5.74, 6) is 0.835. The quantitative estimate of drug-likeness (QED) is 0.864. The van der Waals surface area contributed by atoms with Crippen molar-refractivity contribution in [3.63, 3.8) is 0 Å². The summed E-state index contributed by atoms with van der Waals surface area (Å²) in [6.07, 6.45) is 2.52. The number of hydrogen-bond donors (Lipinski definition) is 1. The molecule has 20 heavy (non-hydrogen) atoms. The molecule has 0 bridgehead atoms. The molecule has 1 fully saturated rings. The predicted octanol–water partition coefficient (Wildman–Crippen LogP) is 3.04. The van der Waals surface area contributed by atoms with E-state index in [-0.39, 0.29) is 5.91 Å². The minimum absolute atomic E-state index is 0.131. The summed E-state index contributed by atoms with van der Waals surface area (Å²) in [5.41, 5.74) is 3.65. The van der Waals surface area contributed by atoms with Crippen LogP contribution in [0.2, 0.25) is 0 Å². The molecule has 0 aliphatic heterocycles. The van der Waals surface area contributed by atoms with Crippen molar-refractivity contribution in [2.45, 2.75) is 46.6 Å². The van der Waals surface area contributed by atoms with Crippen LogP contribution in [0.3, 0.4) is 0 Å². The van der Waals surface area contributed by atoms with Crippen LogP contribution in [-0.4, -0.2) is 25.0 Å². The molecule has 2 rings (SSSR count). The lowest BCUT2D eigenvalue weighted by atomic mass is 10.1. The third-order valence-corrected chi connectivity index (χ3v) is 4.13. The second kappa shape index (κ2) is 6.29. The normalized spacial score (nSPS) is 15.8. The van der Waals surface area contributed by atoms with Gasteiger partial charge < -0.3 is 10.2 Å². The molecular weight excluding hydrogens is 248 g/mol. The molecule has 3 heteroatoms. The summed E-state index contributed by atoms with van der Waals surface area (Å²) >= 11 is 0. The highest BCUT2D eigenvalue weighted by atomic mass is 16.2. The molecule has 1 aromatic carbocycles. The highest BCUT2D eigenvalue weighted by Gasteiger charge is 2.29. The van der Waals surface area contributed by atoms with Crippen LogP contribution in [0.25, 0.3) is 0 Å². The van der Waals surface area contributed by atoms with Crippen LogP contribution in [0, 0.1) is 19.8 Å². The van der Waals surface area contributed by atoms with E-state index in [0.29, 0.717) is 18.5 Å². The van der Waals surface area contributed by atoms with E-state index in [4.69, 9.17) is 0 Å². The van der Waals surface area contributed by atoms with Gasteiger partial charge in [0.05, 0.1) is 6.54 Å². The minimum Gasteiger partial charge on any atom is -0.362 e. The smallest absolute Gasteiger partial charge is 0.239 e. The molecule has 1 aromatic rings. The van der Waals surface area contributed by atoms with E-state index in [1.807, 2.05) is 0 Å². The van der Waals surface area contributed by atoms with Crippen LogP contribution in [-0.2, 0) is 4.79 Å². The van der Waals surface area contributed by atoms with Crippen molar-refractivity contribution in [3.8, 4) is 0 Å². The number of benzene rings is 1. The average molecular weight is 274 g/mol. The number of carbonyl (C=O) groups is 1. The molecule has 0 saturated heterocycles. The Balaban J connectivity index is 1.98. The summed E-state index contributed by atoms with van der Waals surface area (Å²) in [6, 6.07) is 6.71. The maximum atomic E-state index is 12.2. The van der Waals surface area contributed by atoms with Gasteiger partial charge in [-0.15, -0.1) is 0 Å². The van der Waals surface area contributed by atoms with Crippen molar-refractivity contribution >= 4 is 11.6 Å². The molecule has 1 unspecified atom stereocenters. The first-order valence-electron chi connectivity index (χ1n) is 7.62. The molecule has 0 spiro atoms. The first-order chi connectivity index (χ1) is 9.51. The Morgan fingerprint density at radius 1 is 1.40 bits per heavy atom. The van der Waals surface area contributed by atoms with Crippen molar-refractivity contribution in [1.29, 1.82) is 0 Å². The number of anilines is 1. The van der Waals surface area contributed by atoms with Crippen LogP contribution in [0.15, 0.2) is 18.2 Å². The Kier molecular flexibility index (Phi) is 4.69. The van der Waals surface area contributed by atoms with Gasteiger partial charge in [0.1, 0.15) is 0 Å². The number of likely N-dealkylation sites (N-methyl/N-ethyl adjacent to an activating group) is 1. The number of nitrogens with zero attached hydrogens (tertiary/aromatic N) is 1. The lowest BCUT2D eigenvalue weighted by Crippen LogP contribution is -2.42. The fraction of sp³-hybridized carbons (Fsp3) is 0.588. The molecule has 110 valence electrons. The predicted molar refractivity (Wildman–Crippen MR) is 84.1 cm³/mol. The maximum absolute atomic E-state index is 12.2. The molecular formula is C17H26N2O. The Bertz CT molecular complexity index is 480. The molecule has 1 aliphatic carbocycles. The lowest BCUT2D eigenvalue weighted by molar-refractivity contribution is -0.120. The van der Waals surface area contributed by atoms with Crippen LogP contribution in [0.5, 0.6) is 0 Å². The molecule has 0 heterocycles. The Morgan fingerprint density at radius 2 is 2.10 bits per heavy atom. The molecule has 1 aliphatic rings. The summed E-state index contributed by atoms with van der Waals surface area (Å²) in [5, 5.41) is 3.13. The third-order valence-electron chi connectivity index (χ3n) is 4.13. The first kappa shape index (κ1) is 14.9. The van der Waals surface area contributed by atoms with Crippen molar-refractivity contribution in [3.05, 3.63) is 29.3 Å². The maximum Gasteiger partial charge on any atom is 0.239 e. The number of amides is 1. The number of rotatable bonds is 6. The second-order valence-corrected chi connectivity index (χ2v) is 6.00. The van der Waals surface area contributed by atoms with E-state index >= 15 is 0 Å². The fourth-order valence-corrected chi connectivity index (χ4v) is 2.71. The third kappa shape index (κ3) is 3.75. The van der Waals surface area contributed by atoms with Gasteiger partial charge in [0, 0.05) is 18.3 Å². The van der Waals surface area contributed by atoms with Crippen molar-refractivity contribution in [2.24, 2.45) is 5.92 Å². The molecule has 1 atom stereocenters. The van der Waals surface area contributed by atoms with Crippen LogP contribution >= 0.6 is 0 Å². The zero-order valence-corrected chi connectivity index (χ0v) is 13.1. The summed E-state index contributed by atoms with van der Waals surface area (Å²) in [4.78, 5) is 14.3. The van der Waals surface area contributed by atoms with Gasteiger partial charge in [0.25, 0.3) is 0 Å². The lowest BCUT2D eigenvalue weighted by Gasteiger charge is -2.25. The number of nitrogens with one attached hydrogen (secondary N) is 1. The van der Waals surface area contributed by atoms with E-state index in [9.17, 15) is 4.79 Å². The Labute approximate surface area is 122 Å². The highest BCUT2D eigenvalue weighted by Crippen LogP contribution is 2.32. The molecule has 1 N–H and O–H groups in total. The van der Waals surface area contributed by atoms with Gasteiger partial charge in [-0.1, -0.05) is 17.7 Å². The number of hydrogen-bond acceptors (Lipinski definition) is 2. The topological polar surface area (TPSA) is 32.3 Å². The van der Waals surface area contributed by atoms with Gasteiger partial charge in [-0.05, 0) is 58.1 Å². The molecule has 1 saturated carbocycles. The van der Waals surface area contributed by atoms with Gasteiger partial charge in [0.2, 0.25) is 5.91 Å². The van der Waals surface area contributed by atoms with Crippen LogP contribution < -0.4 is 10.2 Å². The van der Waals surface area contributed by atoms with E-state index in [0.717, 1.165) is 12.2 Å². The number of carbonyl (C=O) groups excluding carboxylic acids is 1. The zero-order chi connectivity index (χ0) is 14.7. The fourth-order valence-electron chi connectivity index (χ4n) is 2.71. The Morgan fingerprint density at radius 3 is 2.65 bits per heavy atom. The van der Waals surface area contributed by atoms with E-state index in [2.05, 4.69) is 56.1 Å². The van der Waals surface area contributed by atoms with E-state index in [1.54, 1.807) is 0 Å². The van der Waals surface area contributed by atoms with Crippen LogP contribution in [0.4, 0.5) is 5.69 Å². The van der Waals surface area contributed by atoms with Gasteiger partial charge in [-0.2, -0.15) is 0 Å². The van der Waals surface area contributed by atoms with E-state index in [1.165, 1.54) is 24.0 Å². The molecule has 3 nitrogen and oxygen atoms in total. The van der Waals surface area contributed by atoms with Gasteiger partial charge in [0.15, 0.2) is 0 Å². The van der Waals surface area contributed by atoms with Gasteiger partial charge in [-0.25, -0.2) is 0 Å². The summed E-state index contributed by atoms with van der Waals surface area (Å²) < 4.78 is 0. The standard InChI is InChI=1S/C17H26N2O/c1-5-19(16-9-6-12(2)10-13(16)3)11-17(20)18-14(4)15-7-8-15/h6,9-10,14-15H,5,7-8,11H2,1-4H3,(H,18,20). The number of aryl methyl sites for hydroxylation is 2. The molecule has 0 radical (unpaired) electrons. The summed E-state index contributed by atoms with van der Waals surface area (Å²) in [7, 11) is 0. The largest absolute Gasteiger partial charge is 0.362 e. The summed E-state index contributed by atoms with van der Waals surface area (Å²) in [6.45, 7) is 9.69. The second-order valence-electron chi connectivity index (χ2n) is 6.00. The minimum atomic E-state index is 0.131. The van der Waals surface area contributed by atoms with Crippen LogP contribution in [0.1, 0.15) is 37.8 Å². The SMILES string of the molecule is CCN(CC(=O)NC(C)C1CC1)c1ccc(C)cc1C.